The second-order valence-corrected chi connectivity index (χ2v) is 5.46. The smallest absolute Gasteiger partial charge is 0.352 e. The molecule has 0 aliphatic carbocycles. The van der Waals surface area contributed by atoms with E-state index in [1.165, 1.54) is 0 Å². The van der Waals surface area contributed by atoms with Crippen LogP contribution in [0.3, 0.4) is 0 Å². The number of carbonyl (C=O) groups is 2. The van der Waals surface area contributed by atoms with Gasteiger partial charge in [0.2, 0.25) is 5.91 Å². The van der Waals surface area contributed by atoms with E-state index in [2.05, 4.69) is 15.5 Å². The third kappa shape index (κ3) is 3.04. The van der Waals surface area contributed by atoms with Crippen molar-refractivity contribution in [3.8, 4) is 0 Å². The Morgan fingerprint density at radius 3 is 2.83 bits per heavy atom. The molecule has 0 atom stereocenters. The summed E-state index contributed by atoms with van der Waals surface area (Å²) in [5.41, 5.74) is 0.938. The first-order valence-corrected chi connectivity index (χ1v) is 7.08. The number of benzene rings is 1. The van der Waals surface area contributed by atoms with Crippen LogP contribution in [0, 0.1) is 6.92 Å². The number of aromatic nitrogens is 2. The van der Waals surface area contributed by atoms with Crippen molar-refractivity contribution in [1.82, 2.24) is 10.1 Å². The number of carbonyl (C=O) groups excluding carboxylic acids is 1. The van der Waals surface area contributed by atoms with Crippen LogP contribution in [0.15, 0.2) is 28.8 Å². The van der Waals surface area contributed by atoms with Gasteiger partial charge in [0.15, 0.2) is 5.82 Å². The Morgan fingerprint density at radius 1 is 1.39 bits per heavy atom. The number of hydrogen-bond acceptors (Lipinski definition) is 4. The minimum Gasteiger partial charge on any atom is -0.477 e. The van der Waals surface area contributed by atoms with Gasteiger partial charge in [0.05, 0.1) is 6.42 Å². The van der Waals surface area contributed by atoms with Gasteiger partial charge in [0.25, 0.3) is 0 Å². The zero-order valence-electron chi connectivity index (χ0n) is 12.0. The minimum absolute atomic E-state index is 0.0336. The van der Waals surface area contributed by atoms with Crippen LogP contribution in [0.4, 0.5) is 5.82 Å². The van der Waals surface area contributed by atoms with Gasteiger partial charge in [-0.1, -0.05) is 16.8 Å². The van der Waals surface area contributed by atoms with Gasteiger partial charge in [0.1, 0.15) is 11.5 Å². The van der Waals surface area contributed by atoms with E-state index in [1.807, 2.05) is 0 Å². The molecule has 0 fully saturated rings. The van der Waals surface area contributed by atoms with Crippen LogP contribution in [0.5, 0.6) is 0 Å². The second kappa shape index (κ2) is 5.77. The number of fused-ring (bicyclic) bond motifs is 1. The van der Waals surface area contributed by atoms with E-state index in [0.29, 0.717) is 27.2 Å². The summed E-state index contributed by atoms with van der Waals surface area (Å²) in [6, 6.07) is 6.52. The largest absolute Gasteiger partial charge is 0.477 e. The maximum Gasteiger partial charge on any atom is 0.352 e. The lowest BCUT2D eigenvalue weighted by Gasteiger charge is -2.02. The van der Waals surface area contributed by atoms with Crippen LogP contribution in [0.25, 0.3) is 10.9 Å². The lowest BCUT2D eigenvalue weighted by Crippen LogP contribution is -2.16. The average molecular weight is 334 g/mol. The highest BCUT2D eigenvalue weighted by Crippen LogP contribution is 2.26. The number of halogens is 1. The summed E-state index contributed by atoms with van der Waals surface area (Å²) in [5, 5.41) is 16.6. The van der Waals surface area contributed by atoms with E-state index in [1.54, 1.807) is 31.2 Å². The number of carboxylic acids is 1. The van der Waals surface area contributed by atoms with Crippen molar-refractivity contribution >= 4 is 40.2 Å². The predicted octanol–water partition coefficient (Wildman–Crippen LogP) is 3.00. The first-order chi connectivity index (χ1) is 10.9. The number of rotatable bonds is 4. The molecule has 7 nitrogen and oxygen atoms in total. The summed E-state index contributed by atoms with van der Waals surface area (Å²) >= 11 is 5.96. The summed E-state index contributed by atoms with van der Waals surface area (Å²) < 4.78 is 4.87. The van der Waals surface area contributed by atoms with Gasteiger partial charge in [-0.05, 0) is 25.1 Å². The molecule has 0 spiro atoms. The van der Waals surface area contributed by atoms with E-state index in [9.17, 15) is 14.7 Å². The van der Waals surface area contributed by atoms with E-state index in [-0.39, 0.29) is 17.9 Å². The Labute approximate surface area is 135 Å². The lowest BCUT2D eigenvalue weighted by molar-refractivity contribution is -0.115. The Kier molecular flexibility index (Phi) is 3.79. The van der Waals surface area contributed by atoms with Crippen molar-refractivity contribution in [1.29, 1.82) is 0 Å². The number of anilines is 1. The molecule has 0 aliphatic heterocycles. The Bertz CT molecular complexity index is 913. The quantitative estimate of drug-likeness (QED) is 0.680. The number of hydrogen-bond donors (Lipinski definition) is 3. The number of carboxylic acid groups (broad SMARTS) is 1. The minimum atomic E-state index is -1.14. The van der Waals surface area contributed by atoms with E-state index < -0.39 is 11.9 Å². The van der Waals surface area contributed by atoms with Gasteiger partial charge >= 0.3 is 5.97 Å². The highest BCUT2D eigenvalue weighted by molar-refractivity contribution is 6.31. The van der Waals surface area contributed by atoms with Crippen molar-refractivity contribution < 1.29 is 19.2 Å². The van der Waals surface area contributed by atoms with Crippen molar-refractivity contribution in [3.63, 3.8) is 0 Å². The molecule has 23 heavy (non-hydrogen) atoms. The fourth-order valence-electron chi connectivity index (χ4n) is 2.36. The number of aryl methyl sites for hydroxylation is 1. The molecule has 0 aliphatic rings. The van der Waals surface area contributed by atoms with Gasteiger partial charge in [-0.15, -0.1) is 0 Å². The molecule has 3 rings (SSSR count). The van der Waals surface area contributed by atoms with Gasteiger partial charge in [-0.2, -0.15) is 0 Å². The molecule has 0 radical (unpaired) electrons. The molecule has 3 N–H and O–H groups in total. The third-order valence-corrected chi connectivity index (χ3v) is 3.55. The number of aromatic carboxylic acids is 1. The SMILES string of the molecule is Cc1cc(NC(=O)Cc2c(C(=O)O)[nH]c3ccc(Cl)cc23)no1. The summed E-state index contributed by atoms with van der Waals surface area (Å²) in [6.45, 7) is 1.70. The molecule has 2 aromatic heterocycles. The van der Waals surface area contributed by atoms with Crippen molar-refractivity contribution in [3.05, 3.63) is 46.3 Å². The fraction of sp³-hybridized carbons (Fsp3) is 0.133. The summed E-state index contributed by atoms with van der Waals surface area (Å²) in [4.78, 5) is 26.3. The summed E-state index contributed by atoms with van der Waals surface area (Å²) in [6.07, 6.45) is -0.131. The first-order valence-electron chi connectivity index (χ1n) is 6.70. The highest BCUT2D eigenvalue weighted by Gasteiger charge is 2.20. The zero-order valence-corrected chi connectivity index (χ0v) is 12.8. The molecule has 3 aromatic rings. The van der Waals surface area contributed by atoms with Crippen LogP contribution in [-0.2, 0) is 11.2 Å². The number of nitrogens with zero attached hydrogens (tertiary/aromatic N) is 1. The van der Waals surface area contributed by atoms with Gasteiger partial charge in [0, 0.05) is 27.6 Å². The molecule has 0 saturated carbocycles. The first kappa shape index (κ1) is 15.1. The fourth-order valence-corrected chi connectivity index (χ4v) is 2.53. The van der Waals surface area contributed by atoms with Crippen LogP contribution in [-0.4, -0.2) is 27.1 Å². The molecule has 1 aromatic carbocycles. The number of aromatic amines is 1. The van der Waals surface area contributed by atoms with E-state index in [0.717, 1.165) is 0 Å². The van der Waals surface area contributed by atoms with Crippen molar-refractivity contribution in [2.24, 2.45) is 0 Å². The molecule has 8 heteroatoms. The average Bonchev–Trinajstić information content (AvgIpc) is 3.03. The maximum absolute atomic E-state index is 12.2. The molecule has 0 saturated heterocycles. The van der Waals surface area contributed by atoms with Crippen LogP contribution in [0.2, 0.25) is 5.02 Å². The topological polar surface area (TPSA) is 108 Å². The Hall–Kier alpha value is -2.80. The van der Waals surface area contributed by atoms with Gasteiger partial charge in [-0.25, -0.2) is 4.79 Å². The summed E-state index contributed by atoms with van der Waals surface area (Å²) in [7, 11) is 0. The second-order valence-electron chi connectivity index (χ2n) is 5.02. The molecule has 0 unspecified atom stereocenters. The number of amides is 1. The molecular formula is C15H12ClN3O4. The summed E-state index contributed by atoms with van der Waals surface area (Å²) in [5.74, 6) is -0.702. The van der Waals surface area contributed by atoms with Crippen LogP contribution >= 0.6 is 11.6 Å². The molecular weight excluding hydrogens is 322 g/mol. The Morgan fingerprint density at radius 2 is 2.17 bits per heavy atom. The lowest BCUT2D eigenvalue weighted by atomic mass is 10.1. The maximum atomic E-state index is 12.2. The molecule has 0 bridgehead atoms. The molecule has 118 valence electrons. The van der Waals surface area contributed by atoms with Gasteiger partial charge < -0.3 is 19.9 Å². The third-order valence-electron chi connectivity index (χ3n) is 3.31. The Balaban J connectivity index is 1.94. The van der Waals surface area contributed by atoms with Crippen molar-refractivity contribution in [2.45, 2.75) is 13.3 Å². The predicted molar refractivity (Wildman–Crippen MR) is 83.8 cm³/mol. The van der Waals surface area contributed by atoms with Crippen molar-refractivity contribution in [2.75, 3.05) is 5.32 Å². The number of H-pyrrole nitrogens is 1. The van der Waals surface area contributed by atoms with E-state index >= 15 is 0 Å². The van der Waals surface area contributed by atoms with E-state index in [4.69, 9.17) is 16.1 Å². The molecule has 2 heterocycles. The monoisotopic (exact) mass is 333 g/mol. The highest BCUT2D eigenvalue weighted by atomic mass is 35.5. The standard InChI is InChI=1S/C15H12ClN3O4/c1-7-4-12(19-23-7)18-13(20)6-10-9-5-8(16)2-3-11(9)17-14(10)15(21)22/h2-5,17H,6H2,1H3,(H,21,22)(H,18,19,20). The molecule has 1 amide bonds. The zero-order chi connectivity index (χ0) is 16.6. The number of nitrogens with one attached hydrogen (secondary N) is 2. The van der Waals surface area contributed by atoms with Crippen LogP contribution < -0.4 is 5.32 Å². The van der Waals surface area contributed by atoms with Gasteiger partial charge in [-0.3, -0.25) is 4.79 Å². The normalized spacial score (nSPS) is 10.9. The van der Waals surface area contributed by atoms with Crippen LogP contribution in [0.1, 0.15) is 21.8 Å².